The number of amides is 1. The van der Waals surface area contributed by atoms with Gasteiger partial charge in [-0.05, 0) is 36.3 Å². The fourth-order valence-corrected chi connectivity index (χ4v) is 3.20. The molecular formula is C21H21NO5. The highest BCUT2D eigenvalue weighted by molar-refractivity contribution is 6.16. The molecule has 1 aliphatic heterocycles. The van der Waals surface area contributed by atoms with Crippen molar-refractivity contribution in [3.63, 3.8) is 0 Å². The third-order valence-electron chi connectivity index (χ3n) is 4.48. The molecular weight excluding hydrogens is 346 g/mol. The fourth-order valence-electron chi connectivity index (χ4n) is 3.20. The van der Waals surface area contributed by atoms with Crippen LogP contribution in [0.4, 0.5) is 0 Å². The average Bonchev–Trinajstić information content (AvgIpc) is 3.00. The number of fused-ring (bicyclic) bond motifs is 1. The molecule has 3 rings (SSSR count). The Hall–Kier alpha value is -3.15. The minimum absolute atomic E-state index is 0.0955. The molecule has 0 spiro atoms. The molecule has 0 atom stereocenters. The third kappa shape index (κ3) is 3.43. The zero-order chi connectivity index (χ0) is 19.4. The number of rotatable bonds is 5. The Balaban J connectivity index is 2.02. The zero-order valence-electron chi connectivity index (χ0n) is 15.3. The summed E-state index contributed by atoms with van der Waals surface area (Å²) in [6.45, 7) is 3.47. The van der Waals surface area contributed by atoms with Crippen LogP contribution in [-0.2, 0) is 23.9 Å². The second kappa shape index (κ2) is 7.61. The SMILES string of the molecule is CCOC(=O)C1(C(=O)OCC)C/C(=C\c2cccc3ccccc23)C(=O)N1. The van der Waals surface area contributed by atoms with Crippen LogP contribution in [0.15, 0.2) is 48.0 Å². The molecule has 1 amide bonds. The van der Waals surface area contributed by atoms with Gasteiger partial charge in [-0.25, -0.2) is 9.59 Å². The standard InChI is InChI=1S/C21H21NO5/c1-3-26-19(24)21(20(25)27-4-2)13-16(18(23)22-21)12-15-10-7-9-14-8-5-6-11-17(14)15/h5-12H,3-4,13H2,1-2H3,(H,22,23)/b16-12+. The molecule has 6 heteroatoms. The lowest BCUT2D eigenvalue weighted by Gasteiger charge is -2.23. The van der Waals surface area contributed by atoms with E-state index in [0.29, 0.717) is 5.57 Å². The molecule has 0 radical (unpaired) electrons. The van der Waals surface area contributed by atoms with Crippen molar-refractivity contribution in [3.05, 3.63) is 53.6 Å². The molecule has 2 aromatic rings. The molecule has 1 heterocycles. The van der Waals surface area contributed by atoms with Gasteiger partial charge in [0, 0.05) is 12.0 Å². The molecule has 2 aromatic carbocycles. The smallest absolute Gasteiger partial charge is 0.344 e. The van der Waals surface area contributed by atoms with Crippen LogP contribution >= 0.6 is 0 Å². The minimum Gasteiger partial charge on any atom is -0.464 e. The van der Waals surface area contributed by atoms with Crippen LogP contribution in [0.5, 0.6) is 0 Å². The Bertz CT molecular complexity index is 908. The summed E-state index contributed by atoms with van der Waals surface area (Å²) in [6.07, 6.45) is 1.59. The van der Waals surface area contributed by atoms with Crippen LogP contribution in [0.1, 0.15) is 25.8 Å². The van der Waals surface area contributed by atoms with E-state index in [1.54, 1.807) is 19.9 Å². The number of ether oxygens (including phenoxy) is 2. The van der Waals surface area contributed by atoms with Gasteiger partial charge in [0.2, 0.25) is 11.4 Å². The molecule has 27 heavy (non-hydrogen) atoms. The lowest BCUT2D eigenvalue weighted by molar-refractivity contribution is -0.166. The van der Waals surface area contributed by atoms with Gasteiger partial charge in [0.25, 0.3) is 0 Å². The normalized spacial score (nSPS) is 17.0. The highest BCUT2D eigenvalue weighted by atomic mass is 16.6. The van der Waals surface area contributed by atoms with Crippen molar-refractivity contribution in [3.8, 4) is 0 Å². The molecule has 0 saturated carbocycles. The van der Waals surface area contributed by atoms with Gasteiger partial charge in [-0.1, -0.05) is 42.5 Å². The van der Waals surface area contributed by atoms with E-state index in [-0.39, 0.29) is 19.6 Å². The summed E-state index contributed by atoms with van der Waals surface area (Å²) in [5, 5.41) is 4.51. The molecule has 1 fully saturated rings. The summed E-state index contributed by atoms with van der Waals surface area (Å²) in [4.78, 5) is 37.5. The Morgan fingerprint density at radius 2 is 1.67 bits per heavy atom. The third-order valence-corrected chi connectivity index (χ3v) is 4.48. The molecule has 6 nitrogen and oxygen atoms in total. The van der Waals surface area contributed by atoms with E-state index in [1.165, 1.54) is 0 Å². The summed E-state index contributed by atoms with van der Waals surface area (Å²) < 4.78 is 10.1. The summed E-state index contributed by atoms with van der Waals surface area (Å²) >= 11 is 0. The van der Waals surface area contributed by atoms with E-state index in [0.717, 1.165) is 16.3 Å². The van der Waals surface area contributed by atoms with Crippen LogP contribution in [0, 0.1) is 0 Å². The van der Waals surface area contributed by atoms with Crippen molar-refractivity contribution < 1.29 is 23.9 Å². The largest absolute Gasteiger partial charge is 0.464 e. The first-order valence-corrected chi connectivity index (χ1v) is 8.87. The maximum atomic E-state index is 12.6. The number of nitrogens with one attached hydrogen (secondary N) is 1. The molecule has 1 saturated heterocycles. The number of carbonyl (C=O) groups excluding carboxylic acids is 3. The Morgan fingerprint density at radius 1 is 1.04 bits per heavy atom. The monoisotopic (exact) mass is 367 g/mol. The van der Waals surface area contributed by atoms with Gasteiger partial charge >= 0.3 is 11.9 Å². The fraction of sp³-hybridized carbons (Fsp3) is 0.286. The minimum atomic E-state index is -1.83. The number of hydrogen-bond donors (Lipinski definition) is 1. The summed E-state index contributed by atoms with van der Waals surface area (Å²) in [7, 11) is 0. The zero-order valence-corrected chi connectivity index (χ0v) is 15.3. The van der Waals surface area contributed by atoms with Crippen LogP contribution < -0.4 is 5.32 Å². The van der Waals surface area contributed by atoms with Gasteiger partial charge in [0.1, 0.15) is 0 Å². The average molecular weight is 367 g/mol. The molecule has 140 valence electrons. The lowest BCUT2D eigenvalue weighted by atomic mass is 9.94. The van der Waals surface area contributed by atoms with Crippen molar-refractivity contribution in [2.75, 3.05) is 13.2 Å². The second-order valence-corrected chi connectivity index (χ2v) is 6.22. The molecule has 0 bridgehead atoms. The Morgan fingerprint density at radius 3 is 2.33 bits per heavy atom. The highest BCUT2D eigenvalue weighted by Gasteiger charge is 2.55. The first-order valence-electron chi connectivity index (χ1n) is 8.87. The van der Waals surface area contributed by atoms with E-state index in [4.69, 9.17) is 9.47 Å². The van der Waals surface area contributed by atoms with Gasteiger partial charge in [-0.2, -0.15) is 0 Å². The van der Waals surface area contributed by atoms with E-state index in [9.17, 15) is 14.4 Å². The maximum Gasteiger partial charge on any atom is 0.344 e. The van der Waals surface area contributed by atoms with Crippen LogP contribution in [0.3, 0.4) is 0 Å². The van der Waals surface area contributed by atoms with Gasteiger partial charge in [-0.15, -0.1) is 0 Å². The Labute approximate surface area is 157 Å². The predicted molar refractivity (Wildman–Crippen MR) is 101 cm³/mol. The Kier molecular flexibility index (Phi) is 5.26. The highest BCUT2D eigenvalue weighted by Crippen LogP contribution is 2.31. The predicted octanol–water partition coefficient (Wildman–Crippen LogP) is 2.61. The lowest BCUT2D eigenvalue weighted by Crippen LogP contribution is -2.57. The van der Waals surface area contributed by atoms with Crippen LogP contribution in [0.2, 0.25) is 0 Å². The summed E-state index contributed by atoms with van der Waals surface area (Å²) in [5.74, 6) is -2.10. The van der Waals surface area contributed by atoms with Gasteiger partial charge in [-0.3, -0.25) is 4.79 Å². The van der Waals surface area contributed by atoms with Gasteiger partial charge < -0.3 is 14.8 Å². The van der Waals surface area contributed by atoms with E-state index in [2.05, 4.69) is 5.32 Å². The van der Waals surface area contributed by atoms with Gasteiger partial charge in [0.15, 0.2) is 0 Å². The van der Waals surface area contributed by atoms with Crippen molar-refractivity contribution in [1.29, 1.82) is 0 Å². The van der Waals surface area contributed by atoms with E-state index < -0.39 is 23.4 Å². The summed E-state index contributed by atoms with van der Waals surface area (Å²) in [6, 6.07) is 13.6. The number of carbonyl (C=O) groups is 3. The number of esters is 2. The quantitative estimate of drug-likeness (QED) is 0.499. The van der Waals surface area contributed by atoms with Crippen molar-refractivity contribution in [1.82, 2.24) is 5.32 Å². The van der Waals surface area contributed by atoms with Crippen molar-refractivity contribution in [2.45, 2.75) is 25.8 Å². The first kappa shape index (κ1) is 18.6. The molecule has 1 N–H and O–H groups in total. The molecule has 0 unspecified atom stereocenters. The van der Waals surface area contributed by atoms with Crippen molar-refractivity contribution in [2.24, 2.45) is 0 Å². The molecule has 0 aliphatic carbocycles. The van der Waals surface area contributed by atoms with Crippen LogP contribution in [-0.4, -0.2) is 36.6 Å². The molecule has 0 aromatic heterocycles. The number of benzene rings is 2. The molecule has 1 aliphatic rings. The van der Waals surface area contributed by atoms with Gasteiger partial charge in [0.05, 0.1) is 13.2 Å². The number of hydrogen-bond acceptors (Lipinski definition) is 5. The topological polar surface area (TPSA) is 81.7 Å². The van der Waals surface area contributed by atoms with Crippen molar-refractivity contribution >= 4 is 34.7 Å². The van der Waals surface area contributed by atoms with Crippen LogP contribution in [0.25, 0.3) is 16.8 Å². The second-order valence-electron chi connectivity index (χ2n) is 6.22. The first-order chi connectivity index (χ1) is 13.0. The maximum absolute atomic E-state index is 12.6. The summed E-state index contributed by atoms with van der Waals surface area (Å²) in [5.41, 5.74) is -0.672. The van der Waals surface area contributed by atoms with E-state index >= 15 is 0 Å². The van der Waals surface area contributed by atoms with E-state index in [1.807, 2.05) is 42.5 Å².